The Hall–Kier alpha value is -2.05. The summed E-state index contributed by atoms with van der Waals surface area (Å²) >= 11 is 0. The highest BCUT2D eigenvalue weighted by Gasteiger charge is 2.03. The number of nitrogens with zero attached hydrogens (tertiary/aromatic N) is 6. The zero-order valence-electron chi connectivity index (χ0n) is 10.2. The fourth-order valence-electron chi connectivity index (χ4n) is 1.35. The van der Waals surface area contributed by atoms with Crippen LogP contribution < -0.4 is 5.32 Å². The Morgan fingerprint density at radius 1 is 1.18 bits per heavy atom. The van der Waals surface area contributed by atoms with Crippen molar-refractivity contribution in [1.29, 1.82) is 0 Å². The number of aryl methyl sites for hydroxylation is 3. The first-order chi connectivity index (χ1) is 8.16. The van der Waals surface area contributed by atoms with Crippen LogP contribution in [0.1, 0.15) is 17.2 Å². The zero-order chi connectivity index (χ0) is 12.3. The molecule has 1 N–H and O–H groups in total. The second-order valence-corrected chi connectivity index (χ2v) is 3.84. The smallest absolute Gasteiger partial charge is 0.242 e. The monoisotopic (exact) mass is 233 g/mol. The molecule has 2 heterocycles. The van der Waals surface area contributed by atoms with Crippen LogP contribution in [0.3, 0.4) is 0 Å². The molecule has 2 rings (SSSR count). The van der Waals surface area contributed by atoms with Crippen molar-refractivity contribution in [3.05, 3.63) is 23.5 Å². The van der Waals surface area contributed by atoms with Crippen LogP contribution in [-0.4, -0.2) is 36.5 Å². The molecule has 7 nitrogen and oxygen atoms in total. The Balaban J connectivity index is 1.90. The molecule has 0 aliphatic carbocycles. The van der Waals surface area contributed by atoms with Gasteiger partial charge in [-0.3, -0.25) is 0 Å². The summed E-state index contributed by atoms with van der Waals surface area (Å²) in [5.41, 5.74) is 1.74. The lowest BCUT2D eigenvalue weighted by Crippen LogP contribution is -2.12. The molecule has 0 bridgehead atoms. The van der Waals surface area contributed by atoms with Gasteiger partial charge in [0.05, 0.1) is 11.4 Å². The Morgan fingerprint density at radius 2 is 2.00 bits per heavy atom. The van der Waals surface area contributed by atoms with Crippen molar-refractivity contribution in [1.82, 2.24) is 29.9 Å². The quantitative estimate of drug-likeness (QED) is 0.816. The van der Waals surface area contributed by atoms with Crippen molar-refractivity contribution in [2.24, 2.45) is 7.05 Å². The third-order valence-corrected chi connectivity index (χ3v) is 2.53. The van der Waals surface area contributed by atoms with Crippen LogP contribution in [0.5, 0.6) is 0 Å². The zero-order valence-corrected chi connectivity index (χ0v) is 10.2. The maximum absolute atomic E-state index is 4.29. The maximum atomic E-state index is 4.29. The topological polar surface area (TPSA) is 81.4 Å². The van der Waals surface area contributed by atoms with Gasteiger partial charge < -0.3 is 9.88 Å². The van der Waals surface area contributed by atoms with Gasteiger partial charge in [0.25, 0.3) is 0 Å². The molecule has 0 aliphatic rings. The lowest BCUT2D eigenvalue weighted by atomic mass is 10.4. The van der Waals surface area contributed by atoms with Gasteiger partial charge in [0.1, 0.15) is 12.2 Å². The molecule has 0 atom stereocenters. The number of anilines is 1. The van der Waals surface area contributed by atoms with Crippen molar-refractivity contribution in [2.75, 3.05) is 11.9 Å². The van der Waals surface area contributed by atoms with E-state index in [1.165, 1.54) is 0 Å². The lowest BCUT2D eigenvalue weighted by Gasteiger charge is -2.05. The van der Waals surface area contributed by atoms with Crippen LogP contribution in [0.25, 0.3) is 0 Å². The molecule has 0 saturated heterocycles. The summed E-state index contributed by atoms with van der Waals surface area (Å²) in [5, 5.41) is 18.9. The summed E-state index contributed by atoms with van der Waals surface area (Å²) in [6.07, 6.45) is 2.45. The molecule has 2 aromatic rings. The van der Waals surface area contributed by atoms with Crippen LogP contribution in [0.4, 0.5) is 5.95 Å². The Bertz CT molecular complexity index is 505. The van der Waals surface area contributed by atoms with Gasteiger partial charge in [-0.1, -0.05) is 0 Å². The molecule has 0 aliphatic heterocycles. The van der Waals surface area contributed by atoms with Crippen molar-refractivity contribution in [2.45, 2.75) is 20.3 Å². The van der Waals surface area contributed by atoms with E-state index in [-0.39, 0.29) is 0 Å². The summed E-state index contributed by atoms with van der Waals surface area (Å²) < 4.78 is 1.89. The predicted octanol–water partition coefficient (Wildman–Crippen LogP) is 0.272. The molecule has 0 saturated carbocycles. The first-order valence-electron chi connectivity index (χ1n) is 5.41. The minimum Gasteiger partial charge on any atom is -0.352 e. The molecule has 0 fully saturated rings. The summed E-state index contributed by atoms with van der Waals surface area (Å²) in [7, 11) is 1.92. The van der Waals surface area contributed by atoms with E-state index in [4.69, 9.17) is 0 Å². The molecule has 7 heteroatoms. The first-order valence-corrected chi connectivity index (χ1v) is 5.41. The fourth-order valence-corrected chi connectivity index (χ4v) is 1.35. The van der Waals surface area contributed by atoms with E-state index in [0.29, 0.717) is 12.5 Å². The van der Waals surface area contributed by atoms with E-state index in [0.717, 1.165) is 23.6 Å². The normalized spacial score (nSPS) is 10.5. The number of hydrogen-bond acceptors (Lipinski definition) is 6. The SMILES string of the molecule is Cc1nnc(NCCc2nncn2C)nc1C. The summed E-state index contributed by atoms with van der Waals surface area (Å²) in [6.45, 7) is 4.51. The van der Waals surface area contributed by atoms with E-state index in [1.54, 1.807) is 6.33 Å². The molecular formula is C10H15N7. The Kier molecular flexibility index (Phi) is 3.27. The van der Waals surface area contributed by atoms with Gasteiger partial charge in [-0.05, 0) is 13.8 Å². The Labute approximate surface area is 99.3 Å². The molecule has 0 amide bonds. The maximum Gasteiger partial charge on any atom is 0.242 e. The van der Waals surface area contributed by atoms with Crippen molar-refractivity contribution in [3.8, 4) is 0 Å². The Morgan fingerprint density at radius 3 is 2.65 bits per heavy atom. The number of rotatable bonds is 4. The van der Waals surface area contributed by atoms with Gasteiger partial charge >= 0.3 is 0 Å². The van der Waals surface area contributed by atoms with E-state index in [9.17, 15) is 0 Å². The van der Waals surface area contributed by atoms with Gasteiger partial charge in [0, 0.05) is 20.0 Å². The summed E-state index contributed by atoms with van der Waals surface area (Å²) in [6, 6.07) is 0. The van der Waals surface area contributed by atoms with Gasteiger partial charge in [-0.15, -0.1) is 15.3 Å². The molecule has 90 valence electrons. The van der Waals surface area contributed by atoms with Crippen LogP contribution in [0.2, 0.25) is 0 Å². The fraction of sp³-hybridized carbons (Fsp3) is 0.500. The molecule has 2 aromatic heterocycles. The molecule has 17 heavy (non-hydrogen) atoms. The highest BCUT2D eigenvalue weighted by atomic mass is 15.3. The summed E-state index contributed by atoms with van der Waals surface area (Å²) in [4.78, 5) is 4.29. The van der Waals surface area contributed by atoms with Crippen LogP contribution >= 0.6 is 0 Å². The number of hydrogen-bond donors (Lipinski definition) is 1. The van der Waals surface area contributed by atoms with E-state index < -0.39 is 0 Å². The van der Waals surface area contributed by atoms with E-state index in [2.05, 4.69) is 30.7 Å². The van der Waals surface area contributed by atoms with Crippen molar-refractivity contribution in [3.63, 3.8) is 0 Å². The third kappa shape index (κ3) is 2.74. The largest absolute Gasteiger partial charge is 0.352 e. The van der Waals surface area contributed by atoms with Crippen LogP contribution in [0.15, 0.2) is 6.33 Å². The number of aromatic nitrogens is 6. The van der Waals surface area contributed by atoms with Gasteiger partial charge in [0.2, 0.25) is 5.95 Å². The molecule has 0 aromatic carbocycles. The lowest BCUT2D eigenvalue weighted by molar-refractivity contribution is 0.781. The first kappa shape index (κ1) is 11.4. The standard InChI is InChI=1S/C10H15N7/c1-7-8(2)14-16-10(13-7)11-5-4-9-15-12-6-17(9)3/h6H,4-5H2,1-3H3,(H,11,13,16). The van der Waals surface area contributed by atoms with Crippen LogP contribution in [-0.2, 0) is 13.5 Å². The molecular weight excluding hydrogens is 218 g/mol. The van der Waals surface area contributed by atoms with Gasteiger partial charge in [-0.25, -0.2) is 4.98 Å². The second kappa shape index (κ2) is 4.86. The predicted molar refractivity (Wildman–Crippen MR) is 62.5 cm³/mol. The third-order valence-electron chi connectivity index (χ3n) is 2.53. The molecule has 0 radical (unpaired) electrons. The summed E-state index contributed by atoms with van der Waals surface area (Å²) in [5.74, 6) is 1.48. The highest BCUT2D eigenvalue weighted by molar-refractivity contribution is 5.24. The number of nitrogens with one attached hydrogen (secondary N) is 1. The van der Waals surface area contributed by atoms with Crippen LogP contribution in [0, 0.1) is 13.8 Å². The highest BCUT2D eigenvalue weighted by Crippen LogP contribution is 2.02. The molecule has 0 spiro atoms. The van der Waals surface area contributed by atoms with Gasteiger partial charge in [0.15, 0.2) is 0 Å². The van der Waals surface area contributed by atoms with E-state index >= 15 is 0 Å². The minimum atomic E-state index is 0.551. The van der Waals surface area contributed by atoms with Crippen molar-refractivity contribution < 1.29 is 0 Å². The van der Waals surface area contributed by atoms with Crippen molar-refractivity contribution >= 4 is 5.95 Å². The second-order valence-electron chi connectivity index (χ2n) is 3.84. The van der Waals surface area contributed by atoms with E-state index in [1.807, 2.05) is 25.5 Å². The average molecular weight is 233 g/mol. The average Bonchev–Trinajstić information content (AvgIpc) is 2.70. The van der Waals surface area contributed by atoms with Gasteiger partial charge in [-0.2, -0.15) is 5.10 Å². The molecule has 0 unspecified atom stereocenters. The minimum absolute atomic E-state index is 0.551.